The molecule has 0 aliphatic heterocycles. The molecule has 2 aromatic carbocycles. The number of benzene rings is 2. The van der Waals surface area contributed by atoms with Gasteiger partial charge in [0, 0.05) is 70.8 Å². The number of rotatable bonds is 0. The van der Waals surface area contributed by atoms with Crippen LogP contribution in [0.15, 0.2) is 134 Å². The zero-order chi connectivity index (χ0) is 58.5. The molecule has 0 saturated carbocycles. The zero-order valence-electron chi connectivity index (χ0n) is 52.3. The lowest BCUT2D eigenvalue weighted by Gasteiger charge is -1.99. The van der Waals surface area contributed by atoms with Gasteiger partial charge < -0.3 is 0 Å². The van der Waals surface area contributed by atoms with Crippen molar-refractivity contribution in [1.82, 2.24) is 39.9 Å². The SMILES string of the molecule is CC.CC.CC.CC.CC.CC.CC.Cc1ccc(C)nc1.Cc1ccc2cc(C)ccc2c1.Cc1cccc(C)n1.Cc1cccnc1C.Cc1ccnc(C)c1.Cc1ccnc(C)n1.Cc1cncnc1C. The van der Waals surface area contributed by atoms with Gasteiger partial charge in [-0.15, -0.1) is 0 Å². The van der Waals surface area contributed by atoms with Gasteiger partial charge in [-0.2, -0.15) is 0 Å². The van der Waals surface area contributed by atoms with Crippen molar-refractivity contribution in [2.24, 2.45) is 0 Å². The average Bonchev–Trinajstić information content (AvgIpc) is 3.42. The van der Waals surface area contributed by atoms with Crippen LogP contribution in [0.1, 0.15) is 176 Å². The third kappa shape index (κ3) is 45.3. The first-order valence-electron chi connectivity index (χ1n) is 27.1. The summed E-state index contributed by atoms with van der Waals surface area (Å²) in [6, 6.07) is 33.1. The van der Waals surface area contributed by atoms with Crippen molar-refractivity contribution in [3.05, 3.63) is 213 Å². The van der Waals surface area contributed by atoms with Gasteiger partial charge in [0.2, 0.25) is 0 Å². The minimum absolute atomic E-state index is 0.838. The van der Waals surface area contributed by atoms with Gasteiger partial charge in [-0.3, -0.25) is 19.9 Å². The molecule has 0 unspecified atom stereocenters. The first-order valence-corrected chi connectivity index (χ1v) is 27.1. The summed E-state index contributed by atoms with van der Waals surface area (Å²) >= 11 is 0. The van der Waals surface area contributed by atoms with Crippen LogP contribution in [0.2, 0.25) is 0 Å². The number of hydrogen-bond donors (Lipinski definition) is 0. The molecule has 8 nitrogen and oxygen atoms in total. The van der Waals surface area contributed by atoms with Crippen molar-refractivity contribution in [3.63, 3.8) is 0 Å². The lowest BCUT2D eigenvalue weighted by molar-refractivity contribution is 1.01. The quantitative estimate of drug-likeness (QED) is 0.148. The molecule has 0 aliphatic rings. The van der Waals surface area contributed by atoms with Crippen LogP contribution in [0.25, 0.3) is 10.8 Å². The standard InChI is InChI=1S/C12H12.4C7H9N.2C6H8N2.7C2H6/c1-9-3-5-12-8-10(2)4-6-11(12)7-9;1-6-3-4-8-7(2)5-6;1-6-3-4-7(2)8-5-6;1-6-4-3-5-8-7(6)2;1-6-4-3-5-7(2)8-6;1-5-3-7-4-8-6(5)2;1-5-3-4-7-6(2)8-5;7*1-2/h3-8H,1-2H3;4*3-5H,1-2H3;2*3-4H,1-2H3;7*1-2H3. The maximum atomic E-state index is 4.17. The Labute approximate surface area is 456 Å². The van der Waals surface area contributed by atoms with Gasteiger partial charge >= 0.3 is 0 Å². The van der Waals surface area contributed by atoms with Crippen LogP contribution in [-0.2, 0) is 0 Å². The molecule has 0 bridgehead atoms. The summed E-state index contributed by atoms with van der Waals surface area (Å²) in [5, 5.41) is 2.67. The van der Waals surface area contributed by atoms with Crippen molar-refractivity contribution in [2.75, 3.05) is 0 Å². The molecule has 0 amide bonds. The van der Waals surface area contributed by atoms with Gasteiger partial charge in [0.1, 0.15) is 12.2 Å². The van der Waals surface area contributed by atoms with Crippen LogP contribution in [0.5, 0.6) is 0 Å². The number of nitrogens with zero attached hydrogens (tertiary/aromatic N) is 8. The summed E-state index contributed by atoms with van der Waals surface area (Å²) in [6.45, 7) is 56.2. The van der Waals surface area contributed by atoms with Crippen LogP contribution >= 0.6 is 0 Å². The third-order valence-corrected chi connectivity index (χ3v) is 8.63. The van der Waals surface area contributed by atoms with E-state index in [4.69, 9.17) is 0 Å². The Kier molecular flexibility index (Phi) is 59.4. The number of pyridine rings is 4. The Bertz CT molecular complexity index is 2140. The van der Waals surface area contributed by atoms with Gasteiger partial charge in [-0.1, -0.05) is 163 Å². The zero-order valence-corrected chi connectivity index (χ0v) is 52.3. The highest BCUT2D eigenvalue weighted by molar-refractivity contribution is 5.83. The van der Waals surface area contributed by atoms with Crippen molar-refractivity contribution < 1.29 is 0 Å². The third-order valence-electron chi connectivity index (χ3n) is 8.63. The molecule has 0 atom stereocenters. The van der Waals surface area contributed by atoms with E-state index < -0.39 is 0 Å². The summed E-state index contributed by atoms with van der Waals surface area (Å²) in [7, 11) is 0. The average molecular weight is 1010 g/mol. The Hall–Kier alpha value is -6.54. The van der Waals surface area contributed by atoms with Gasteiger partial charge in [-0.05, 0) is 172 Å². The van der Waals surface area contributed by atoms with Crippen LogP contribution in [0.4, 0.5) is 0 Å². The van der Waals surface area contributed by atoms with E-state index in [0.717, 1.165) is 51.2 Å². The Morgan fingerprint density at radius 1 is 0.284 bits per heavy atom. The summed E-state index contributed by atoms with van der Waals surface area (Å²) < 4.78 is 0. The van der Waals surface area contributed by atoms with Crippen LogP contribution < -0.4 is 0 Å². The molecule has 8 aromatic rings. The summed E-state index contributed by atoms with van der Waals surface area (Å²) in [4.78, 5) is 32.2. The molecule has 0 aliphatic carbocycles. The fourth-order valence-electron chi connectivity index (χ4n) is 4.99. The lowest BCUT2D eigenvalue weighted by Crippen LogP contribution is -1.86. The molecule has 0 N–H and O–H groups in total. The molecule has 410 valence electrons. The number of hydrogen-bond acceptors (Lipinski definition) is 8. The van der Waals surface area contributed by atoms with E-state index in [1.165, 1.54) is 38.6 Å². The number of aromatic nitrogens is 8. The van der Waals surface area contributed by atoms with Crippen LogP contribution in [0, 0.1) is 96.9 Å². The number of aryl methyl sites for hydroxylation is 14. The van der Waals surface area contributed by atoms with Crippen molar-refractivity contribution in [1.29, 1.82) is 0 Å². The predicted molar refractivity (Wildman–Crippen MR) is 331 cm³/mol. The monoisotopic (exact) mass is 1010 g/mol. The lowest BCUT2D eigenvalue weighted by atomic mass is 10.1. The molecule has 6 aromatic heterocycles. The Morgan fingerprint density at radius 2 is 0.743 bits per heavy atom. The molecular weight excluding hydrogens is 905 g/mol. The Balaban J connectivity index is -0.000000176. The van der Waals surface area contributed by atoms with Gasteiger partial charge in [0.15, 0.2) is 0 Å². The molecular formula is C66H106N8. The van der Waals surface area contributed by atoms with E-state index in [2.05, 4.69) is 122 Å². The van der Waals surface area contributed by atoms with Crippen molar-refractivity contribution in [2.45, 2.75) is 194 Å². The van der Waals surface area contributed by atoms with Gasteiger partial charge in [0.25, 0.3) is 0 Å². The van der Waals surface area contributed by atoms with E-state index in [1.54, 1.807) is 12.5 Å². The fourth-order valence-corrected chi connectivity index (χ4v) is 4.99. The second kappa shape index (κ2) is 55.8. The van der Waals surface area contributed by atoms with E-state index in [1.807, 2.05) is 233 Å². The summed E-state index contributed by atoms with van der Waals surface area (Å²) in [5.74, 6) is 0.838. The second-order valence-corrected chi connectivity index (χ2v) is 14.7. The van der Waals surface area contributed by atoms with Gasteiger partial charge in [0.05, 0.1) is 0 Å². The van der Waals surface area contributed by atoms with Crippen molar-refractivity contribution in [3.8, 4) is 0 Å². The molecule has 0 fully saturated rings. The van der Waals surface area contributed by atoms with Crippen molar-refractivity contribution >= 4 is 10.8 Å². The van der Waals surface area contributed by atoms with E-state index in [9.17, 15) is 0 Å². The molecule has 6 heterocycles. The topological polar surface area (TPSA) is 103 Å². The van der Waals surface area contributed by atoms with Gasteiger partial charge in [-0.25, -0.2) is 19.9 Å². The Morgan fingerprint density at radius 3 is 1.04 bits per heavy atom. The second-order valence-electron chi connectivity index (χ2n) is 14.7. The van der Waals surface area contributed by atoms with E-state index >= 15 is 0 Å². The largest absolute Gasteiger partial charge is 0.262 e. The van der Waals surface area contributed by atoms with Crippen LogP contribution in [0.3, 0.4) is 0 Å². The molecule has 8 heteroatoms. The highest BCUT2D eigenvalue weighted by Gasteiger charge is 1.93. The smallest absolute Gasteiger partial charge is 0.125 e. The maximum absolute atomic E-state index is 4.17. The van der Waals surface area contributed by atoms with Crippen LogP contribution in [-0.4, -0.2) is 39.9 Å². The highest BCUT2D eigenvalue weighted by atomic mass is 14.9. The normalized spacial score (nSPS) is 8.27. The highest BCUT2D eigenvalue weighted by Crippen LogP contribution is 2.17. The summed E-state index contributed by atoms with van der Waals surface area (Å²) in [6.07, 6.45) is 10.6. The summed E-state index contributed by atoms with van der Waals surface area (Å²) in [5.41, 5.74) is 15.1. The maximum Gasteiger partial charge on any atom is 0.125 e. The number of fused-ring (bicyclic) bond motifs is 1. The van der Waals surface area contributed by atoms with E-state index in [0.29, 0.717) is 0 Å². The predicted octanol–water partition coefficient (Wildman–Crippen LogP) is 19.6. The molecule has 0 spiro atoms. The fraction of sp³-hybridized carbons (Fsp3) is 0.424. The molecule has 0 saturated heterocycles. The minimum atomic E-state index is 0.838. The minimum Gasteiger partial charge on any atom is -0.262 e. The molecule has 0 radical (unpaired) electrons. The molecule has 8 rings (SSSR count). The molecule has 74 heavy (non-hydrogen) atoms. The van der Waals surface area contributed by atoms with E-state index in [-0.39, 0.29) is 0 Å². The first-order chi connectivity index (χ1) is 35.5. The first kappa shape index (κ1) is 78.9.